The summed E-state index contributed by atoms with van der Waals surface area (Å²) in [5, 5.41) is 16.9. The molecule has 1 aromatic rings. The van der Waals surface area contributed by atoms with Crippen molar-refractivity contribution in [2.24, 2.45) is 0 Å². The zero-order chi connectivity index (χ0) is 11.5. The van der Waals surface area contributed by atoms with E-state index in [4.69, 9.17) is 5.26 Å². The fourth-order valence-electron chi connectivity index (χ4n) is 1.89. The van der Waals surface area contributed by atoms with Crippen molar-refractivity contribution in [1.82, 2.24) is 15.1 Å². The predicted molar refractivity (Wildman–Crippen MR) is 61.1 cm³/mol. The molecular formula is C11H15N5. The molecule has 2 heterocycles. The van der Waals surface area contributed by atoms with Gasteiger partial charge in [0.25, 0.3) is 0 Å². The zero-order valence-electron chi connectivity index (χ0n) is 9.59. The van der Waals surface area contributed by atoms with E-state index in [1.54, 1.807) is 12.3 Å². The van der Waals surface area contributed by atoms with Crippen LogP contribution in [0.25, 0.3) is 0 Å². The molecule has 84 valence electrons. The molecule has 1 unspecified atom stereocenters. The number of aromatic nitrogens is 2. The van der Waals surface area contributed by atoms with Crippen LogP contribution < -0.4 is 4.90 Å². The fourth-order valence-corrected chi connectivity index (χ4v) is 1.89. The summed E-state index contributed by atoms with van der Waals surface area (Å²) in [5.41, 5.74) is 0.603. The van der Waals surface area contributed by atoms with E-state index in [2.05, 4.69) is 40.0 Å². The molecule has 0 saturated carbocycles. The summed E-state index contributed by atoms with van der Waals surface area (Å²) in [4.78, 5) is 4.44. The molecule has 1 aromatic heterocycles. The largest absolute Gasteiger partial charge is 0.351 e. The van der Waals surface area contributed by atoms with Crippen LogP contribution in [0.1, 0.15) is 12.5 Å². The Kier molecular flexibility index (Phi) is 3.02. The summed E-state index contributed by atoms with van der Waals surface area (Å²) in [5.74, 6) is 0.713. The molecule has 1 atom stereocenters. The van der Waals surface area contributed by atoms with Crippen molar-refractivity contribution >= 4 is 5.82 Å². The highest BCUT2D eigenvalue weighted by molar-refractivity contribution is 5.52. The molecule has 1 fully saturated rings. The Morgan fingerprint density at radius 2 is 2.31 bits per heavy atom. The van der Waals surface area contributed by atoms with Crippen molar-refractivity contribution in [2.75, 3.05) is 31.6 Å². The minimum atomic E-state index is 0.474. The topological polar surface area (TPSA) is 56.1 Å². The van der Waals surface area contributed by atoms with E-state index < -0.39 is 0 Å². The SMILES string of the molecule is CC1CN(c2nnccc2C#N)CCN1C. The molecule has 0 amide bonds. The molecule has 1 aliphatic heterocycles. The summed E-state index contributed by atoms with van der Waals surface area (Å²) in [6.45, 7) is 4.95. The van der Waals surface area contributed by atoms with Crippen LogP contribution in [0.2, 0.25) is 0 Å². The van der Waals surface area contributed by atoms with Gasteiger partial charge in [-0.25, -0.2) is 0 Å². The predicted octanol–water partition coefficient (Wildman–Crippen LogP) is 0.489. The third-order valence-corrected chi connectivity index (χ3v) is 3.08. The van der Waals surface area contributed by atoms with Gasteiger partial charge in [-0.05, 0) is 20.0 Å². The molecule has 0 spiro atoms. The first-order chi connectivity index (χ1) is 7.72. The maximum absolute atomic E-state index is 9.01. The minimum Gasteiger partial charge on any atom is -0.351 e. The van der Waals surface area contributed by atoms with Gasteiger partial charge in [0.15, 0.2) is 5.82 Å². The van der Waals surface area contributed by atoms with Crippen molar-refractivity contribution in [3.63, 3.8) is 0 Å². The molecule has 5 heteroatoms. The summed E-state index contributed by atoms with van der Waals surface area (Å²) in [6, 6.07) is 4.35. The van der Waals surface area contributed by atoms with Crippen molar-refractivity contribution in [3.8, 4) is 6.07 Å². The Morgan fingerprint density at radius 3 is 3.00 bits per heavy atom. The van der Waals surface area contributed by atoms with Gasteiger partial charge < -0.3 is 9.80 Å². The molecule has 0 radical (unpaired) electrons. The van der Waals surface area contributed by atoms with Gasteiger partial charge in [0.2, 0.25) is 0 Å². The van der Waals surface area contributed by atoms with Crippen LogP contribution >= 0.6 is 0 Å². The number of hydrogen-bond acceptors (Lipinski definition) is 5. The Bertz CT molecular complexity index is 411. The Hall–Kier alpha value is -1.67. The molecule has 0 aliphatic carbocycles. The van der Waals surface area contributed by atoms with Gasteiger partial charge in [0.1, 0.15) is 6.07 Å². The molecule has 0 bridgehead atoms. The van der Waals surface area contributed by atoms with Crippen LogP contribution in [0.4, 0.5) is 5.82 Å². The van der Waals surface area contributed by atoms with E-state index in [-0.39, 0.29) is 0 Å². The van der Waals surface area contributed by atoms with E-state index in [0.717, 1.165) is 19.6 Å². The second-order valence-electron chi connectivity index (χ2n) is 4.16. The second-order valence-corrected chi connectivity index (χ2v) is 4.16. The zero-order valence-corrected chi connectivity index (χ0v) is 9.59. The number of rotatable bonds is 1. The van der Waals surface area contributed by atoms with Crippen LogP contribution in [0.3, 0.4) is 0 Å². The highest BCUT2D eigenvalue weighted by Crippen LogP contribution is 2.18. The molecule has 1 saturated heterocycles. The van der Waals surface area contributed by atoms with Crippen molar-refractivity contribution < 1.29 is 0 Å². The monoisotopic (exact) mass is 217 g/mol. The first-order valence-corrected chi connectivity index (χ1v) is 5.39. The van der Waals surface area contributed by atoms with Crippen LogP contribution in [0, 0.1) is 11.3 Å². The Labute approximate surface area is 95.3 Å². The van der Waals surface area contributed by atoms with Gasteiger partial charge in [-0.1, -0.05) is 0 Å². The lowest BCUT2D eigenvalue weighted by atomic mass is 10.2. The van der Waals surface area contributed by atoms with Gasteiger partial charge in [0, 0.05) is 25.7 Å². The molecular weight excluding hydrogens is 202 g/mol. The van der Waals surface area contributed by atoms with E-state index in [1.165, 1.54) is 0 Å². The van der Waals surface area contributed by atoms with E-state index in [0.29, 0.717) is 17.4 Å². The van der Waals surface area contributed by atoms with Gasteiger partial charge in [0.05, 0.1) is 11.8 Å². The number of nitriles is 1. The Morgan fingerprint density at radius 1 is 1.50 bits per heavy atom. The van der Waals surface area contributed by atoms with Crippen LogP contribution in [-0.2, 0) is 0 Å². The van der Waals surface area contributed by atoms with Gasteiger partial charge in [-0.3, -0.25) is 0 Å². The van der Waals surface area contributed by atoms with E-state index in [1.807, 2.05) is 0 Å². The quantitative estimate of drug-likeness (QED) is 0.685. The number of nitrogens with zero attached hydrogens (tertiary/aromatic N) is 5. The molecule has 0 aromatic carbocycles. The van der Waals surface area contributed by atoms with Gasteiger partial charge in [-0.15, -0.1) is 5.10 Å². The molecule has 2 rings (SSSR count). The molecule has 5 nitrogen and oxygen atoms in total. The van der Waals surface area contributed by atoms with Crippen LogP contribution in [0.15, 0.2) is 12.3 Å². The number of likely N-dealkylation sites (N-methyl/N-ethyl adjacent to an activating group) is 1. The minimum absolute atomic E-state index is 0.474. The van der Waals surface area contributed by atoms with E-state index in [9.17, 15) is 0 Å². The van der Waals surface area contributed by atoms with Gasteiger partial charge in [-0.2, -0.15) is 10.4 Å². The summed E-state index contributed by atoms with van der Waals surface area (Å²) in [6.07, 6.45) is 1.56. The average Bonchev–Trinajstić information content (AvgIpc) is 2.32. The maximum Gasteiger partial charge on any atom is 0.169 e. The average molecular weight is 217 g/mol. The smallest absolute Gasteiger partial charge is 0.169 e. The van der Waals surface area contributed by atoms with Crippen molar-refractivity contribution in [1.29, 1.82) is 5.26 Å². The van der Waals surface area contributed by atoms with E-state index >= 15 is 0 Å². The fraction of sp³-hybridized carbons (Fsp3) is 0.545. The molecule has 1 aliphatic rings. The van der Waals surface area contributed by atoms with Crippen LogP contribution in [0.5, 0.6) is 0 Å². The lowest BCUT2D eigenvalue weighted by molar-refractivity contribution is 0.233. The third kappa shape index (κ3) is 1.97. The van der Waals surface area contributed by atoms with Crippen LogP contribution in [-0.4, -0.2) is 47.8 Å². The highest BCUT2D eigenvalue weighted by atomic mass is 15.3. The number of piperazine rings is 1. The standard InChI is InChI=1S/C11H15N5/c1-9-8-16(6-5-15(9)2)11-10(7-12)3-4-13-14-11/h3-4,9H,5-6,8H2,1-2H3. The normalized spacial score (nSPS) is 21.8. The highest BCUT2D eigenvalue weighted by Gasteiger charge is 2.23. The maximum atomic E-state index is 9.01. The second kappa shape index (κ2) is 4.45. The lowest BCUT2D eigenvalue weighted by Crippen LogP contribution is -2.50. The first kappa shape index (κ1) is 10.8. The summed E-state index contributed by atoms with van der Waals surface area (Å²) < 4.78 is 0. The first-order valence-electron chi connectivity index (χ1n) is 5.39. The number of hydrogen-bond donors (Lipinski definition) is 0. The summed E-state index contributed by atoms with van der Waals surface area (Å²) in [7, 11) is 2.11. The molecule has 0 N–H and O–H groups in total. The number of anilines is 1. The Balaban J connectivity index is 2.22. The van der Waals surface area contributed by atoms with Gasteiger partial charge >= 0.3 is 0 Å². The van der Waals surface area contributed by atoms with Crippen molar-refractivity contribution in [3.05, 3.63) is 17.8 Å². The van der Waals surface area contributed by atoms with Crippen molar-refractivity contribution in [2.45, 2.75) is 13.0 Å². The summed E-state index contributed by atoms with van der Waals surface area (Å²) >= 11 is 0. The molecule has 16 heavy (non-hydrogen) atoms. The third-order valence-electron chi connectivity index (χ3n) is 3.08. The lowest BCUT2D eigenvalue weighted by Gasteiger charge is -2.38.